The average Bonchev–Trinajstić information content (AvgIpc) is 2.98. The van der Waals surface area contributed by atoms with Crippen LogP contribution >= 0.6 is 11.6 Å². The molecular formula is C16H18ClNO3. The summed E-state index contributed by atoms with van der Waals surface area (Å²) in [6.45, 7) is 0.615. The maximum atomic E-state index is 12.0. The van der Waals surface area contributed by atoms with Crippen LogP contribution in [0.15, 0.2) is 41.6 Å². The fraction of sp³-hybridized carbons (Fsp3) is 0.438. The molecule has 0 N–H and O–H groups in total. The monoisotopic (exact) mass is 307 g/mol. The Morgan fingerprint density at radius 2 is 2.19 bits per heavy atom. The maximum absolute atomic E-state index is 12.0. The third-order valence-corrected chi connectivity index (χ3v) is 4.39. The molecule has 1 fully saturated rings. The van der Waals surface area contributed by atoms with Gasteiger partial charge in [0.2, 0.25) is 0 Å². The number of carbonyl (C=O) groups excluding carboxylic acids is 1. The number of carbonyl (C=O) groups is 1. The van der Waals surface area contributed by atoms with Crippen LogP contribution < -0.4 is 0 Å². The lowest BCUT2D eigenvalue weighted by Gasteiger charge is -2.36. The molecule has 4 nitrogen and oxygen atoms in total. The highest BCUT2D eigenvalue weighted by Gasteiger charge is 2.41. The summed E-state index contributed by atoms with van der Waals surface area (Å²) in [4.78, 5) is 14.1. The van der Waals surface area contributed by atoms with Crippen LogP contribution in [-0.4, -0.2) is 36.7 Å². The van der Waals surface area contributed by atoms with Gasteiger partial charge in [0.1, 0.15) is 6.23 Å². The van der Waals surface area contributed by atoms with Crippen molar-refractivity contribution >= 4 is 17.6 Å². The molecule has 1 aromatic carbocycles. The lowest BCUT2D eigenvalue weighted by atomic mass is 9.98. The van der Waals surface area contributed by atoms with Gasteiger partial charge in [0.05, 0.1) is 31.2 Å². The van der Waals surface area contributed by atoms with Crippen molar-refractivity contribution in [3.8, 4) is 0 Å². The molecule has 0 unspecified atom stereocenters. The second-order valence-electron chi connectivity index (χ2n) is 5.21. The Morgan fingerprint density at radius 3 is 2.86 bits per heavy atom. The second-order valence-corrected chi connectivity index (χ2v) is 5.48. The van der Waals surface area contributed by atoms with E-state index in [1.165, 1.54) is 12.7 Å². The van der Waals surface area contributed by atoms with Crippen LogP contribution in [0.25, 0.3) is 0 Å². The molecule has 0 aliphatic carbocycles. The predicted molar refractivity (Wildman–Crippen MR) is 79.8 cm³/mol. The van der Waals surface area contributed by atoms with Gasteiger partial charge in [0.25, 0.3) is 0 Å². The van der Waals surface area contributed by atoms with Crippen molar-refractivity contribution in [2.45, 2.75) is 25.1 Å². The zero-order chi connectivity index (χ0) is 14.8. The highest BCUT2D eigenvalue weighted by atomic mass is 35.5. The second kappa shape index (κ2) is 6.08. The molecule has 0 bridgehead atoms. The number of hydrogen-bond acceptors (Lipinski definition) is 4. The standard InChI is InChI=1S/C16H18ClNO3/c1-20-16(19)12-7-8-15-18(13(12)9-17)14(10-21-15)11-5-3-2-4-6-11/h2-6,14-15H,7-10H2,1H3/t14-,15-/m1/s1. The fourth-order valence-electron chi connectivity index (χ4n) is 3.14. The summed E-state index contributed by atoms with van der Waals surface area (Å²) in [5.74, 6) is -0.00372. The molecule has 2 atom stereocenters. The van der Waals surface area contributed by atoms with Crippen LogP contribution in [0.2, 0.25) is 0 Å². The predicted octanol–water partition coefficient (Wildman–Crippen LogP) is 2.85. The van der Waals surface area contributed by atoms with Crippen molar-refractivity contribution in [3.05, 3.63) is 47.2 Å². The smallest absolute Gasteiger partial charge is 0.335 e. The Hall–Kier alpha value is -1.52. The molecule has 21 heavy (non-hydrogen) atoms. The van der Waals surface area contributed by atoms with E-state index in [1.54, 1.807) is 0 Å². The molecule has 1 saturated heterocycles. The minimum absolute atomic E-state index is 0.00244. The number of nitrogens with zero attached hydrogens (tertiary/aromatic N) is 1. The first-order valence-corrected chi connectivity index (χ1v) is 7.61. The van der Waals surface area contributed by atoms with Crippen molar-refractivity contribution < 1.29 is 14.3 Å². The number of hydrogen-bond donors (Lipinski definition) is 0. The van der Waals surface area contributed by atoms with E-state index in [0.717, 1.165) is 12.1 Å². The Kier molecular flexibility index (Phi) is 4.17. The number of esters is 1. The molecule has 0 radical (unpaired) electrons. The Bertz CT molecular complexity index is 558. The average molecular weight is 308 g/mol. The van der Waals surface area contributed by atoms with E-state index in [2.05, 4.69) is 17.0 Å². The van der Waals surface area contributed by atoms with Crippen LogP contribution in [0.4, 0.5) is 0 Å². The van der Waals surface area contributed by atoms with Crippen molar-refractivity contribution in [1.29, 1.82) is 0 Å². The molecule has 1 aromatic rings. The summed E-state index contributed by atoms with van der Waals surface area (Å²) in [6.07, 6.45) is 1.43. The highest BCUT2D eigenvalue weighted by molar-refractivity contribution is 6.19. The van der Waals surface area contributed by atoms with Gasteiger partial charge in [0.15, 0.2) is 0 Å². The van der Waals surface area contributed by atoms with Gasteiger partial charge in [0, 0.05) is 5.70 Å². The molecule has 2 aliphatic heterocycles. The van der Waals surface area contributed by atoms with E-state index in [9.17, 15) is 4.79 Å². The summed E-state index contributed by atoms with van der Waals surface area (Å²) in [6, 6.07) is 10.3. The summed E-state index contributed by atoms with van der Waals surface area (Å²) >= 11 is 6.13. The number of allylic oxidation sites excluding steroid dienone is 1. The van der Waals surface area contributed by atoms with Crippen molar-refractivity contribution in [2.24, 2.45) is 0 Å². The highest BCUT2D eigenvalue weighted by Crippen LogP contribution is 2.41. The van der Waals surface area contributed by atoms with Gasteiger partial charge in [-0.2, -0.15) is 0 Å². The molecule has 0 saturated carbocycles. The number of alkyl halides is 1. The van der Waals surface area contributed by atoms with E-state index >= 15 is 0 Å². The van der Waals surface area contributed by atoms with Crippen LogP contribution in [-0.2, 0) is 14.3 Å². The molecule has 2 heterocycles. The van der Waals surface area contributed by atoms with Crippen LogP contribution in [0, 0.1) is 0 Å². The summed E-state index contributed by atoms with van der Waals surface area (Å²) < 4.78 is 10.8. The van der Waals surface area contributed by atoms with E-state index in [-0.39, 0.29) is 24.1 Å². The third kappa shape index (κ3) is 2.54. The largest absolute Gasteiger partial charge is 0.466 e. The molecule has 5 heteroatoms. The molecule has 0 spiro atoms. The van der Waals surface area contributed by atoms with Crippen molar-refractivity contribution in [3.63, 3.8) is 0 Å². The normalized spacial score (nSPS) is 25.0. The molecule has 112 valence electrons. The van der Waals surface area contributed by atoms with Crippen LogP contribution in [0.3, 0.4) is 0 Å². The number of rotatable bonds is 3. The summed E-state index contributed by atoms with van der Waals surface area (Å²) in [7, 11) is 1.41. The molecule has 3 rings (SSSR count). The van der Waals surface area contributed by atoms with Gasteiger partial charge >= 0.3 is 5.97 Å². The molecule has 0 amide bonds. The lowest BCUT2D eigenvalue weighted by molar-refractivity contribution is -0.136. The van der Waals surface area contributed by atoms with Crippen LogP contribution in [0.1, 0.15) is 24.4 Å². The SMILES string of the molecule is COC(=O)C1=C(CCl)N2[C@@H](c3ccccc3)CO[C@@H]2CC1. The van der Waals surface area contributed by atoms with E-state index in [0.29, 0.717) is 18.6 Å². The van der Waals surface area contributed by atoms with E-state index in [4.69, 9.17) is 21.1 Å². The van der Waals surface area contributed by atoms with Crippen LogP contribution in [0.5, 0.6) is 0 Å². The number of benzene rings is 1. The fourth-order valence-corrected chi connectivity index (χ4v) is 3.44. The van der Waals surface area contributed by atoms with Crippen molar-refractivity contribution in [2.75, 3.05) is 19.6 Å². The first-order valence-electron chi connectivity index (χ1n) is 7.07. The first-order chi connectivity index (χ1) is 10.3. The van der Waals surface area contributed by atoms with Gasteiger partial charge in [-0.15, -0.1) is 11.6 Å². The first kappa shape index (κ1) is 14.4. The molecule has 2 aliphatic rings. The molecular weight excluding hydrogens is 290 g/mol. The van der Waals surface area contributed by atoms with Gasteiger partial charge in [-0.1, -0.05) is 30.3 Å². The zero-order valence-corrected chi connectivity index (χ0v) is 12.7. The topological polar surface area (TPSA) is 38.8 Å². The molecule has 0 aromatic heterocycles. The maximum Gasteiger partial charge on any atom is 0.335 e. The zero-order valence-electron chi connectivity index (χ0n) is 11.9. The van der Waals surface area contributed by atoms with Crippen molar-refractivity contribution in [1.82, 2.24) is 4.90 Å². The number of halogens is 1. The van der Waals surface area contributed by atoms with E-state index < -0.39 is 0 Å². The summed E-state index contributed by atoms with van der Waals surface area (Å²) in [5, 5.41) is 0. The summed E-state index contributed by atoms with van der Waals surface area (Å²) in [5.41, 5.74) is 2.69. The van der Waals surface area contributed by atoms with Gasteiger partial charge in [-0.25, -0.2) is 4.79 Å². The number of methoxy groups -OCH3 is 1. The number of ether oxygens (including phenoxy) is 2. The number of fused-ring (bicyclic) bond motifs is 1. The Labute approximate surface area is 129 Å². The van der Waals surface area contributed by atoms with Gasteiger partial charge < -0.3 is 14.4 Å². The quantitative estimate of drug-likeness (QED) is 0.636. The minimum Gasteiger partial charge on any atom is -0.466 e. The minimum atomic E-state index is -0.289. The Morgan fingerprint density at radius 1 is 1.43 bits per heavy atom. The lowest BCUT2D eigenvalue weighted by Crippen LogP contribution is -2.38. The third-order valence-electron chi connectivity index (χ3n) is 4.14. The Balaban J connectivity index is 1.99. The van der Waals surface area contributed by atoms with Gasteiger partial charge in [-0.3, -0.25) is 0 Å². The van der Waals surface area contributed by atoms with Gasteiger partial charge in [-0.05, 0) is 18.4 Å². The van der Waals surface area contributed by atoms with E-state index in [1.807, 2.05) is 18.2 Å².